The van der Waals surface area contributed by atoms with Gasteiger partial charge in [0.25, 0.3) is 0 Å². The van der Waals surface area contributed by atoms with Crippen molar-refractivity contribution in [2.75, 3.05) is 26.7 Å². The number of nitrogens with zero attached hydrogens (tertiary/aromatic N) is 2. The number of rotatable bonds is 1. The molecule has 2 aliphatic heterocycles. The molecule has 2 rings (SSSR count). The van der Waals surface area contributed by atoms with Crippen molar-refractivity contribution in [1.82, 2.24) is 9.80 Å². The van der Waals surface area contributed by atoms with Gasteiger partial charge in [-0.25, -0.2) is 0 Å². The van der Waals surface area contributed by atoms with Crippen LogP contribution in [0.15, 0.2) is 0 Å². The Hall–Kier alpha value is -0.0800. The zero-order valence-corrected chi connectivity index (χ0v) is 11.2. The normalized spacial score (nSPS) is 34.0. The van der Waals surface area contributed by atoms with Crippen LogP contribution in [0.4, 0.5) is 0 Å². The maximum atomic E-state index is 2.70. The Morgan fingerprint density at radius 1 is 0.933 bits per heavy atom. The Morgan fingerprint density at radius 3 is 1.93 bits per heavy atom. The van der Waals surface area contributed by atoms with Gasteiger partial charge in [0.2, 0.25) is 0 Å². The van der Waals surface area contributed by atoms with E-state index < -0.39 is 0 Å². The molecule has 0 unspecified atom stereocenters. The van der Waals surface area contributed by atoms with E-state index in [0.29, 0.717) is 11.0 Å². The molecule has 0 aromatic carbocycles. The molecule has 2 nitrogen and oxygen atoms in total. The molecular weight excluding hydrogens is 184 g/mol. The Kier molecular flexibility index (Phi) is 2.44. The molecule has 2 atom stereocenters. The van der Waals surface area contributed by atoms with E-state index in [9.17, 15) is 0 Å². The average Bonchev–Trinajstić information content (AvgIpc) is 2.40. The topological polar surface area (TPSA) is 6.48 Å². The van der Waals surface area contributed by atoms with Crippen LogP contribution in [-0.2, 0) is 0 Å². The lowest BCUT2D eigenvalue weighted by atomic mass is 9.75. The third-order valence-corrected chi connectivity index (χ3v) is 5.12. The molecule has 2 saturated heterocycles. The highest BCUT2D eigenvalue weighted by Gasteiger charge is 2.49. The Labute approximate surface area is 94.6 Å². The highest BCUT2D eigenvalue weighted by molar-refractivity contribution is 5.05. The second-order valence-corrected chi connectivity index (χ2v) is 6.98. The summed E-state index contributed by atoms with van der Waals surface area (Å²) in [6.45, 7) is 15.8. The first kappa shape index (κ1) is 11.4. The molecule has 0 aromatic rings. The van der Waals surface area contributed by atoms with Crippen molar-refractivity contribution < 1.29 is 0 Å². The number of hydrogen-bond donors (Lipinski definition) is 0. The fourth-order valence-corrected chi connectivity index (χ4v) is 2.83. The lowest BCUT2D eigenvalue weighted by Crippen LogP contribution is -2.53. The van der Waals surface area contributed by atoms with E-state index in [1.165, 1.54) is 19.6 Å². The molecule has 0 bridgehead atoms. The Balaban J connectivity index is 2.07. The SMILES string of the molecule is CN1C[C@@H]2CN(C(C)(C)C(C)(C)C)C[C@@H]21. The second kappa shape index (κ2) is 3.21. The molecule has 2 heteroatoms. The Bertz CT molecular complexity index is 252. The molecule has 0 radical (unpaired) electrons. The van der Waals surface area contributed by atoms with Crippen LogP contribution < -0.4 is 0 Å². The van der Waals surface area contributed by atoms with Gasteiger partial charge in [0.15, 0.2) is 0 Å². The minimum Gasteiger partial charge on any atom is -0.301 e. The molecular formula is C13H26N2. The highest BCUT2D eigenvalue weighted by Crippen LogP contribution is 2.41. The predicted molar refractivity (Wildman–Crippen MR) is 65.0 cm³/mol. The van der Waals surface area contributed by atoms with Crippen LogP contribution in [0.2, 0.25) is 0 Å². The molecule has 0 amide bonds. The molecule has 0 saturated carbocycles. The van der Waals surface area contributed by atoms with Gasteiger partial charge < -0.3 is 4.90 Å². The van der Waals surface area contributed by atoms with Gasteiger partial charge in [-0.1, -0.05) is 20.8 Å². The summed E-state index contributed by atoms with van der Waals surface area (Å²) in [7, 11) is 2.26. The van der Waals surface area contributed by atoms with Crippen molar-refractivity contribution in [1.29, 1.82) is 0 Å². The monoisotopic (exact) mass is 210 g/mol. The largest absolute Gasteiger partial charge is 0.301 e. The first-order chi connectivity index (χ1) is 6.73. The summed E-state index contributed by atoms with van der Waals surface area (Å²) in [6.07, 6.45) is 0. The van der Waals surface area contributed by atoms with Gasteiger partial charge in [0, 0.05) is 37.1 Å². The third-order valence-electron chi connectivity index (χ3n) is 5.12. The summed E-state index contributed by atoms with van der Waals surface area (Å²) in [4.78, 5) is 5.20. The summed E-state index contributed by atoms with van der Waals surface area (Å²) >= 11 is 0. The standard InChI is InChI=1S/C13H26N2/c1-12(2,3)13(4,5)15-8-10-7-14(6)11(10)9-15/h10-11H,7-9H2,1-6H3/t10-,11+/m1/s1. The van der Waals surface area contributed by atoms with Crippen LogP contribution in [-0.4, -0.2) is 48.1 Å². The van der Waals surface area contributed by atoms with Crippen LogP contribution >= 0.6 is 0 Å². The number of hydrogen-bond acceptors (Lipinski definition) is 2. The van der Waals surface area contributed by atoms with Crippen molar-refractivity contribution in [3.63, 3.8) is 0 Å². The summed E-state index contributed by atoms with van der Waals surface area (Å²) < 4.78 is 0. The maximum Gasteiger partial charge on any atom is 0.0273 e. The first-order valence-electron chi connectivity index (χ1n) is 6.19. The quantitative estimate of drug-likeness (QED) is 0.653. The molecule has 0 spiro atoms. The second-order valence-electron chi connectivity index (χ2n) is 6.98. The van der Waals surface area contributed by atoms with E-state index in [-0.39, 0.29) is 0 Å². The van der Waals surface area contributed by atoms with E-state index in [2.05, 4.69) is 51.5 Å². The van der Waals surface area contributed by atoms with Gasteiger partial charge >= 0.3 is 0 Å². The zero-order chi connectivity index (χ0) is 11.4. The lowest BCUT2D eigenvalue weighted by Gasteiger charge is -2.46. The van der Waals surface area contributed by atoms with E-state index >= 15 is 0 Å². The predicted octanol–water partition coefficient (Wildman–Crippen LogP) is 2.06. The van der Waals surface area contributed by atoms with E-state index in [1.54, 1.807) is 0 Å². The molecule has 0 N–H and O–H groups in total. The van der Waals surface area contributed by atoms with Gasteiger partial charge in [0.05, 0.1) is 0 Å². The fourth-order valence-electron chi connectivity index (χ4n) is 2.83. The van der Waals surface area contributed by atoms with Gasteiger partial charge in [-0.3, -0.25) is 4.90 Å². The van der Waals surface area contributed by atoms with Gasteiger partial charge in [-0.2, -0.15) is 0 Å². The molecule has 88 valence electrons. The van der Waals surface area contributed by atoms with Crippen LogP contribution in [0.5, 0.6) is 0 Å². The Morgan fingerprint density at radius 2 is 1.53 bits per heavy atom. The van der Waals surface area contributed by atoms with Crippen molar-refractivity contribution in [3.05, 3.63) is 0 Å². The van der Waals surface area contributed by atoms with Crippen molar-refractivity contribution in [3.8, 4) is 0 Å². The maximum absolute atomic E-state index is 2.70. The van der Waals surface area contributed by atoms with Crippen molar-refractivity contribution >= 4 is 0 Å². The van der Waals surface area contributed by atoms with Crippen LogP contribution in [0.1, 0.15) is 34.6 Å². The summed E-state index contributed by atoms with van der Waals surface area (Å²) in [5.41, 5.74) is 0.667. The summed E-state index contributed by atoms with van der Waals surface area (Å²) in [6, 6.07) is 0.839. The minimum atomic E-state index is 0.311. The molecule has 0 aliphatic carbocycles. The highest BCUT2D eigenvalue weighted by atomic mass is 15.3. The van der Waals surface area contributed by atoms with Crippen molar-refractivity contribution in [2.45, 2.75) is 46.2 Å². The van der Waals surface area contributed by atoms with E-state index in [1.807, 2.05) is 0 Å². The van der Waals surface area contributed by atoms with Gasteiger partial charge in [0.1, 0.15) is 0 Å². The molecule has 0 aromatic heterocycles. The molecule has 2 aliphatic rings. The third kappa shape index (κ3) is 1.62. The average molecular weight is 210 g/mol. The number of likely N-dealkylation sites (N-methyl/N-ethyl adjacent to an activating group) is 1. The molecule has 15 heavy (non-hydrogen) atoms. The smallest absolute Gasteiger partial charge is 0.0273 e. The van der Waals surface area contributed by atoms with Gasteiger partial charge in [-0.05, 0) is 26.3 Å². The summed E-state index contributed by atoms with van der Waals surface area (Å²) in [5.74, 6) is 0.941. The summed E-state index contributed by atoms with van der Waals surface area (Å²) in [5, 5.41) is 0. The molecule has 2 heterocycles. The zero-order valence-electron chi connectivity index (χ0n) is 11.2. The van der Waals surface area contributed by atoms with Crippen molar-refractivity contribution in [2.24, 2.45) is 11.3 Å². The van der Waals surface area contributed by atoms with Crippen LogP contribution in [0.3, 0.4) is 0 Å². The lowest BCUT2D eigenvalue weighted by molar-refractivity contribution is 0.0387. The fraction of sp³-hybridized carbons (Fsp3) is 1.00. The van der Waals surface area contributed by atoms with E-state index in [0.717, 1.165) is 12.0 Å². The minimum absolute atomic E-state index is 0.311. The van der Waals surface area contributed by atoms with Gasteiger partial charge in [-0.15, -0.1) is 0 Å². The van der Waals surface area contributed by atoms with Crippen LogP contribution in [0, 0.1) is 11.3 Å². The van der Waals surface area contributed by atoms with Crippen LogP contribution in [0.25, 0.3) is 0 Å². The number of likely N-dealkylation sites (tertiary alicyclic amines) is 2. The number of fused-ring (bicyclic) bond motifs is 1. The van der Waals surface area contributed by atoms with E-state index in [4.69, 9.17) is 0 Å². The first-order valence-corrected chi connectivity index (χ1v) is 6.19. The molecule has 2 fully saturated rings.